The number of fused-ring (bicyclic) bond motifs is 1. The van der Waals surface area contributed by atoms with Gasteiger partial charge in [-0.15, -0.1) is 0 Å². The zero-order chi connectivity index (χ0) is 18.6. The quantitative estimate of drug-likeness (QED) is 0.671. The fraction of sp³-hybridized carbons (Fsp3) is 0.435. The third kappa shape index (κ3) is 4.51. The van der Waals surface area contributed by atoms with E-state index in [1.807, 2.05) is 12.1 Å². The normalized spacial score (nSPS) is 21.4. The summed E-state index contributed by atoms with van der Waals surface area (Å²) in [6.07, 6.45) is 5.91. The minimum absolute atomic E-state index is 0.375. The van der Waals surface area contributed by atoms with Crippen LogP contribution in [0.2, 0.25) is 0 Å². The molecule has 1 fully saturated rings. The molecule has 142 valence electrons. The molecule has 2 N–H and O–H groups in total. The Kier molecular flexibility index (Phi) is 5.44. The zero-order valence-corrected chi connectivity index (χ0v) is 15.9. The average Bonchev–Trinajstić information content (AvgIpc) is 3.07. The van der Waals surface area contributed by atoms with E-state index in [9.17, 15) is 4.79 Å². The van der Waals surface area contributed by atoms with Crippen LogP contribution in [0, 0.1) is 5.92 Å². The molecule has 0 radical (unpaired) electrons. The number of aromatic amines is 1. The maximum atomic E-state index is 11.3. The number of H-pyrrole nitrogens is 1. The molecule has 27 heavy (non-hydrogen) atoms. The Bertz CT molecular complexity index is 920. The standard InChI is InChI=1S/C23H28N2O2/c1-16(13-17-5-3-2-4-6-17)15-24-20-10-7-18(8-11-20)19-9-12-21-22(14-19)27-23(26)25-21/h2-6,9,12,14,16,18,20,24H,7-8,10-11,13,15H2,1H3,(H,25,26)/t16?,18-,20-. The van der Waals surface area contributed by atoms with Crippen molar-refractivity contribution in [3.8, 4) is 0 Å². The fourth-order valence-electron chi connectivity index (χ4n) is 4.30. The average molecular weight is 364 g/mol. The van der Waals surface area contributed by atoms with Crippen LogP contribution in [0.25, 0.3) is 11.1 Å². The summed E-state index contributed by atoms with van der Waals surface area (Å²) in [5.41, 5.74) is 4.17. The van der Waals surface area contributed by atoms with E-state index < -0.39 is 0 Å². The lowest BCUT2D eigenvalue weighted by Gasteiger charge is -2.30. The van der Waals surface area contributed by atoms with Gasteiger partial charge in [0.05, 0.1) is 5.52 Å². The van der Waals surface area contributed by atoms with Crippen LogP contribution in [0.3, 0.4) is 0 Å². The van der Waals surface area contributed by atoms with E-state index in [-0.39, 0.29) is 5.76 Å². The van der Waals surface area contributed by atoms with Crippen LogP contribution in [-0.2, 0) is 6.42 Å². The summed E-state index contributed by atoms with van der Waals surface area (Å²) < 4.78 is 5.21. The van der Waals surface area contributed by atoms with Crippen molar-refractivity contribution in [1.82, 2.24) is 10.3 Å². The molecule has 4 rings (SSSR count). The van der Waals surface area contributed by atoms with Gasteiger partial charge in [0.2, 0.25) is 0 Å². The van der Waals surface area contributed by atoms with E-state index in [0.717, 1.165) is 18.5 Å². The van der Waals surface area contributed by atoms with Crippen LogP contribution < -0.4 is 11.1 Å². The van der Waals surface area contributed by atoms with Crippen molar-refractivity contribution in [1.29, 1.82) is 0 Å². The van der Waals surface area contributed by atoms with Gasteiger partial charge in [-0.25, -0.2) is 4.79 Å². The Morgan fingerprint density at radius 3 is 2.67 bits per heavy atom. The van der Waals surface area contributed by atoms with Gasteiger partial charge in [0.1, 0.15) is 0 Å². The summed E-state index contributed by atoms with van der Waals surface area (Å²) in [4.78, 5) is 14.0. The first-order valence-electron chi connectivity index (χ1n) is 10.1. The van der Waals surface area contributed by atoms with E-state index in [2.05, 4.69) is 53.6 Å². The molecule has 1 saturated carbocycles. The molecule has 0 aliphatic heterocycles. The Labute approximate surface area is 160 Å². The molecule has 3 aromatic rings. The molecule has 1 aromatic heterocycles. The molecule has 1 unspecified atom stereocenters. The van der Waals surface area contributed by atoms with Crippen LogP contribution in [0.5, 0.6) is 0 Å². The Hall–Kier alpha value is -2.33. The molecule has 1 heterocycles. The third-order valence-corrected chi connectivity index (χ3v) is 5.83. The van der Waals surface area contributed by atoms with Crippen LogP contribution in [0.4, 0.5) is 0 Å². The molecule has 0 saturated heterocycles. The molecular weight excluding hydrogens is 336 g/mol. The van der Waals surface area contributed by atoms with Crippen molar-refractivity contribution in [3.63, 3.8) is 0 Å². The van der Waals surface area contributed by atoms with Gasteiger partial charge in [-0.2, -0.15) is 0 Å². The summed E-state index contributed by atoms with van der Waals surface area (Å²) in [7, 11) is 0. The Morgan fingerprint density at radius 1 is 1.11 bits per heavy atom. The van der Waals surface area contributed by atoms with Crippen LogP contribution in [0.15, 0.2) is 57.7 Å². The molecule has 1 aliphatic rings. The van der Waals surface area contributed by atoms with Crippen LogP contribution in [0.1, 0.15) is 49.7 Å². The highest BCUT2D eigenvalue weighted by molar-refractivity contribution is 5.72. The molecule has 2 aromatic carbocycles. The highest BCUT2D eigenvalue weighted by Gasteiger charge is 2.23. The van der Waals surface area contributed by atoms with Gasteiger partial charge in [-0.05, 0) is 73.7 Å². The van der Waals surface area contributed by atoms with E-state index >= 15 is 0 Å². The van der Waals surface area contributed by atoms with Crippen molar-refractivity contribution in [3.05, 3.63) is 70.2 Å². The predicted molar refractivity (Wildman–Crippen MR) is 109 cm³/mol. The molecule has 1 aliphatic carbocycles. The van der Waals surface area contributed by atoms with E-state index in [4.69, 9.17) is 4.42 Å². The molecule has 0 amide bonds. The van der Waals surface area contributed by atoms with Crippen LogP contribution in [-0.4, -0.2) is 17.6 Å². The summed E-state index contributed by atoms with van der Waals surface area (Å²) in [6, 6.07) is 17.5. The van der Waals surface area contributed by atoms with Crippen molar-refractivity contribution in [2.45, 2.75) is 51.0 Å². The first-order chi connectivity index (χ1) is 13.2. The van der Waals surface area contributed by atoms with E-state index in [0.29, 0.717) is 23.5 Å². The predicted octanol–water partition coefficient (Wildman–Crippen LogP) is 4.62. The highest BCUT2D eigenvalue weighted by atomic mass is 16.4. The molecule has 0 spiro atoms. The number of aromatic nitrogens is 1. The molecule has 4 heteroatoms. The number of benzene rings is 2. The second-order valence-electron chi connectivity index (χ2n) is 8.02. The first-order valence-corrected chi connectivity index (χ1v) is 10.1. The maximum Gasteiger partial charge on any atom is 0.417 e. The lowest BCUT2D eigenvalue weighted by atomic mass is 9.81. The Morgan fingerprint density at radius 2 is 1.89 bits per heavy atom. The van der Waals surface area contributed by atoms with Gasteiger partial charge in [0.25, 0.3) is 0 Å². The topological polar surface area (TPSA) is 58.0 Å². The maximum absolute atomic E-state index is 11.3. The molecule has 0 bridgehead atoms. The van der Waals surface area contributed by atoms with Gasteiger partial charge in [-0.3, -0.25) is 4.98 Å². The fourth-order valence-corrected chi connectivity index (χ4v) is 4.30. The second-order valence-corrected chi connectivity index (χ2v) is 8.02. The van der Waals surface area contributed by atoms with Gasteiger partial charge >= 0.3 is 5.76 Å². The number of oxazole rings is 1. The van der Waals surface area contributed by atoms with Crippen molar-refractivity contribution in [2.24, 2.45) is 5.92 Å². The summed E-state index contributed by atoms with van der Waals surface area (Å²) >= 11 is 0. The minimum atomic E-state index is -0.375. The first kappa shape index (κ1) is 18.1. The monoisotopic (exact) mass is 364 g/mol. The lowest BCUT2D eigenvalue weighted by molar-refractivity contribution is 0.327. The number of nitrogens with one attached hydrogen (secondary N) is 2. The number of hydrogen-bond acceptors (Lipinski definition) is 3. The van der Waals surface area contributed by atoms with Gasteiger partial charge in [-0.1, -0.05) is 43.3 Å². The number of hydrogen-bond donors (Lipinski definition) is 2. The zero-order valence-electron chi connectivity index (χ0n) is 15.9. The molecule has 1 atom stereocenters. The summed E-state index contributed by atoms with van der Waals surface area (Å²) in [5.74, 6) is 0.832. The second kappa shape index (κ2) is 8.13. The third-order valence-electron chi connectivity index (χ3n) is 5.83. The Balaban J connectivity index is 1.26. The lowest BCUT2D eigenvalue weighted by Crippen LogP contribution is -2.36. The largest absolute Gasteiger partial charge is 0.417 e. The van der Waals surface area contributed by atoms with Gasteiger partial charge < -0.3 is 9.73 Å². The van der Waals surface area contributed by atoms with Gasteiger partial charge in [0, 0.05) is 6.04 Å². The van der Waals surface area contributed by atoms with Crippen molar-refractivity contribution < 1.29 is 4.42 Å². The van der Waals surface area contributed by atoms with Gasteiger partial charge in [0.15, 0.2) is 5.58 Å². The smallest absolute Gasteiger partial charge is 0.408 e. The van der Waals surface area contributed by atoms with E-state index in [1.165, 1.54) is 36.8 Å². The SMILES string of the molecule is CC(CN[C@H]1CC[C@H](c2ccc3[nH]c(=O)oc3c2)CC1)Cc1ccccc1. The highest BCUT2D eigenvalue weighted by Crippen LogP contribution is 2.34. The van der Waals surface area contributed by atoms with Crippen molar-refractivity contribution >= 4 is 11.1 Å². The van der Waals surface area contributed by atoms with Crippen LogP contribution >= 0.6 is 0 Å². The molecular formula is C23H28N2O2. The molecule has 4 nitrogen and oxygen atoms in total. The van der Waals surface area contributed by atoms with E-state index in [1.54, 1.807) is 0 Å². The van der Waals surface area contributed by atoms with Crippen molar-refractivity contribution in [2.75, 3.05) is 6.54 Å². The number of rotatable bonds is 6. The summed E-state index contributed by atoms with van der Waals surface area (Å²) in [6.45, 7) is 3.40. The minimum Gasteiger partial charge on any atom is -0.408 e. The summed E-state index contributed by atoms with van der Waals surface area (Å²) in [5, 5.41) is 3.78.